The Kier molecular flexibility index (Phi) is 4.45. The first-order valence-corrected chi connectivity index (χ1v) is 7.00. The molecule has 0 spiro atoms. The Balaban J connectivity index is 2.28. The van der Waals surface area contributed by atoms with Crippen LogP contribution in [0.25, 0.3) is 0 Å². The summed E-state index contributed by atoms with van der Waals surface area (Å²) < 4.78 is 1.90. The maximum atomic E-state index is 11.4. The standard InChI is InChI=1S/C15H18ClN3O/c1-10-6-4-5-7-13(10)9-19-12(3)15(11(2)18-19)17-14(20)8-16/h4-7H,8-9H2,1-3H3,(H,17,20). The molecular formula is C15H18ClN3O. The average molecular weight is 292 g/mol. The monoisotopic (exact) mass is 291 g/mol. The second kappa shape index (κ2) is 6.09. The molecule has 1 amide bonds. The third-order valence-corrected chi connectivity index (χ3v) is 3.59. The highest BCUT2D eigenvalue weighted by molar-refractivity contribution is 6.29. The Morgan fingerprint density at radius 1 is 1.30 bits per heavy atom. The van der Waals surface area contributed by atoms with Crippen molar-refractivity contribution in [2.24, 2.45) is 0 Å². The summed E-state index contributed by atoms with van der Waals surface area (Å²) in [5.41, 5.74) is 4.93. The van der Waals surface area contributed by atoms with Gasteiger partial charge in [-0.1, -0.05) is 24.3 Å². The molecule has 4 nitrogen and oxygen atoms in total. The molecule has 0 aliphatic rings. The van der Waals surface area contributed by atoms with Crippen LogP contribution in [0.5, 0.6) is 0 Å². The summed E-state index contributed by atoms with van der Waals surface area (Å²) in [5, 5.41) is 7.29. The second-order valence-electron chi connectivity index (χ2n) is 4.81. The molecule has 0 saturated carbocycles. The highest BCUT2D eigenvalue weighted by atomic mass is 35.5. The number of hydrogen-bond donors (Lipinski definition) is 1. The van der Waals surface area contributed by atoms with Crippen LogP contribution in [0.3, 0.4) is 0 Å². The molecule has 2 rings (SSSR count). The highest BCUT2D eigenvalue weighted by Crippen LogP contribution is 2.21. The number of nitrogens with zero attached hydrogens (tertiary/aromatic N) is 2. The van der Waals surface area contributed by atoms with Gasteiger partial charge in [0.15, 0.2) is 0 Å². The summed E-state index contributed by atoms with van der Waals surface area (Å²) in [4.78, 5) is 11.4. The molecule has 0 aliphatic heterocycles. The van der Waals surface area contributed by atoms with E-state index in [1.54, 1.807) is 0 Å². The lowest BCUT2D eigenvalue weighted by atomic mass is 10.1. The van der Waals surface area contributed by atoms with Crippen LogP contribution in [0.4, 0.5) is 5.69 Å². The summed E-state index contributed by atoms with van der Waals surface area (Å²) in [6, 6.07) is 8.20. The van der Waals surface area contributed by atoms with E-state index in [0.717, 1.165) is 17.1 Å². The van der Waals surface area contributed by atoms with Gasteiger partial charge in [0, 0.05) is 0 Å². The van der Waals surface area contributed by atoms with Gasteiger partial charge in [-0.25, -0.2) is 0 Å². The number of alkyl halides is 1. The number of carbonyl (C=O) groups excluding carboxylic acids is 1. The Morgan fingerprint density at radius 3 is 2.65 bits per heavy atom. The quantitative estimate of drug-likeness (QED) is 0.880. The molecule has 1 aromatic heterocycles. The molecule has 2 aromatic rings. The molecule has 1 N–H and O–H groups in total. The summed E-state index contributed by atoms with van der Waals surface area (Å²) >= 11 is 5.52. The highest BCUT2D eigenvalue weighted by Gasteiger charge is 2.14. The first kappa shape index (κ1) is 14.6. The SMILES string of the molecule is Cc1ccccc1Cn1nc(C)c(NC(=O)CCl)c1C. The smallest absolute Gasteiger partial charge is 0.239 e. The van der Waals surface area contributed by atoms with Crippen molar-refractivity contribution in [3.63, 3.8) is 0 Å². The number of halogens is 1. The molecule has 20 heavy (non-hydrogen) atoms. The molecule has 0 unspecified atom stereocenters. The number of aryl methyl sites for hydroxylation is 2. The van der Waals surface area contributed by atoms with Gasteiger partial charge in [-0.15, -0.1) is 11.6 Å². The molecule has 0 fully saturated rings. The van der Waals surface area contributed by atoms with E-state index in [0.29, 0.717) is 6.54 Å². The van der Waals surface area contributed by atoms with Crippen LogP contribution in [-0.2, 0) is 11.3 Å². The molecule has 0 saturated heterocycles. The lowest BCUT2D eigenvalue weighted by molar-refractivity contribution is -0.113. The van der Waals surface area contributed by atoms with Gasteiger partial charge in [0.05, 0.1) is 23.6 Å². The fourth-order valence-electron chi connectivity index (χ4n) is 2.15. The fraction of sp³-hybridized carbons (Fsp3) is 0.333. The number of nitrogens with one attached hydrogen (secondary N) is 1. The molecular weight excluding hydrogens is 274 g/mol. The van der Waals surface area contributed by atoms with Crippen molar-refractivity contribution in [3.8, 4) is 0 Å². The first-order chi connectivity index (χ1) is 9.52. The van der Waals surface area contributed by atoms with Crippen LogP contribution in [-0.4, -0.2) is 21.6 Å². The van der Waals surface area contributed by atoms with Gasteiger partial charge in [-0.05, 0) is 31.9 Å². The zero-order chi connectivity index (χ0) is 14.7. The minimum atomic E-state index is -0.215. The minimum Gasteiger partial charge on any atom is -0.322 e. The normalized spacial score (nSPS) is 10.6. The predicted octanol–water partition coefficient (Wildman–Crippen LogP) is 3.03. The summed E-state index contributed by atoms with van der Waals surface area (Å²) in [6.45, 7) is 6.60. The molecule has 106 valence electrons. The number of benzene rings is 1. The van der Waals surface area contributed by atoms with Gasteiger partial charge in [0.1, 0.15) is 5.88 Å². The van der Waals surface area contributed by atoms with Gasteiger partial charge < -0.3 is 5.32 Å². The van der Waals surface area contributed by atoms with Gasteiger partial charge in [-0.3, -0.25) is 9.48 Å². The van der Waals surface area contributed by atoms with E-state index in [2.05, 4.69) is 29.5 Å². The first-order valence-electron chi connectivity index (χ1n) is 6.47. The van der Waals surface area contributed by atoms with Crippen molar-refractivity contribution in [1.29, 1.82) is 0 Å². The third-order valence-electron chi connectivity index (χ3n) is 3.35. The van der Waals surface area contributed by atoms with E-state index >= 15 is 0 Å². The lowest BCUT2D eigenvalue weighted by Crippen LogP contribution is -2.14. The number of hydrogen-bond acceptors (Lipinski definition) is 2. The van der Waals surface area contributed by atoms with Crippen LogP contribution in [0.2, 0.25) is 0 Å². The number of anilines is 1. The van der Waals surface area contributed by atoms with Crippen molar-refractivity contribution in [2.75, 3.05) is 11.2 Å². The van der Waals surface area contributed by atoms with Crippen molar-refractivity contribution >= 4 is 23.2 Å². The maximum absolute atomic E-state index is 11.4. The average Bonchev–Trinajstić information content (AvgIpc) is 2.69. The van der Waals surface area contributed by atoms with E-state index in [9.17, 15) is 4.79 Å². The summed E-state index contributed by atoms with van der Waals surface area (Å²) in [5.74, 6) is -0.268. The molecule has 0 radical (unpaired) electrons. The lowest BCUT2D eigenvalue weighted by Gasteiger charge is -2.08. The topological polar surface area (TPSA) is 46.9 Å². The number of amides is 1. The summed E-state index contributed by atoms with van der Waals surface area (Å²) in [7, 11) is 0. The van der Waals surface area contributed by atoms with Crippen molar-refractivity contribution in [1.82, 2.24) is 9.78 Å². The maximum Gasteiger partial charge on any atom is 0.239 e. The van der Waals surface area contributed by atoms with Gasteiger partial charge in [0.25, 0.3) is 0 Å². The Labute approximate surface area is 123 Å². The van der Waals surface area contributed by atoms with Crippen LogP contribution in [0.15, 0.2) is 24.3 Å². The fourth-order valence-corrected chi connectivity index (χ4v) is 2.22. The van der Waals surface area contributed by atoms with E-state index < -0.39 is 0 Å². The Morgan fingerprint density at radius 2 is 2.00 bits per heavy atom. The largest absolute Gasteiger partial charge is 0.322 e. The zero-order valence-electron chi connectivity index (χ0n) is 11.9. The summed E-state index contributed by atoms with van der Waals surface area (Å²) in [6.07, 6.45) is 0. The molecule has 1 heterocycles. The molecule has 1 aromatic carbocycles. The minimum absolute atomic E-state index is 0.0537. The number of rotatable bonds is 4. The number of carbonyl (C=O) groups is 1. The van der Waals surface area contributed by atoms with Crippen LogP contribution in [0.1, 0.15) is 22.5 Å². The third kappa shape index (κ3) is 3.02. The Hall–Kier alpha value is -1.81. The van der Waals surface area contributed by atoms with Crippen molar-refractivity contribution in [2.45, 2.75) is 27.3 Å². The van der Waals surface area contributed by atoms with Crippen molar-refractivity contribution < 1.29 is 4.79 Å². The van der Waals surface area contributed by atoms with E-state index in [4.69, 9.17) is 11.6 Å². The predicted molar refractivity (Wildman–Crippen MR) is 81.3 cm³/mol. The molecule has 0 bridgehead atoms. The van der Waals surface area contributed by atoms with Crippen LogP contribution in [0, 0.1) is 20.8 Å². The molecule has 0 atom stereocenters. The molecule has 5 heteroatoms. The Bertz CT molecular complexity index is 634. The van der Waals surface area contributed by atoms with Gasteiger partial charge >= 0.3 is 0 Å². The second-order valence-corrected chi connectivity index (χ2v) is 5.08. The van der Waals surface area contributed by atoms with Crippen molar-refractivity contribution in [3.05, 3.63) is 46.8 Å². The zero-order valence-corrected chi connectivity index (χ0v) is 12.7. The van der Waals surface area contributed by atoms with E-state index in [1.807, 2.05) is 30.7 Å². The van der Waals surface area contributed by atoms with Gasteiger partial charge in [0.2, 0.25) is 5.91 Å². The molecule has 0 aliphatic carbocycles. The van der Waals surface area contributed by atoms with E-state index in [1.165, 1.54) is 11.1 Å². The van der Waals surface area contributed by atoms with E-state index in [-0.39, 0.29) is 11.8 Å². The van der Waals surface area contributed by atoms with Crippen LogP contribution < -0.4 is 5.32 Å². The van der Waals surface area contributed by atoms with Crippen LogP contribution >= 0.6 is 11.6 Å². The number of aromatic nitrogens is 2. The van der Waals surface area contributed by atoms with Gasteiger partial charge in [-0.2, -0.15) is 5.10 Å².